The number of pyridine rings is 1. The van der Waals surface area contributed by atoms with Gasteiger partial charge in [0.15, 0.2) is 5.13 Å². The van der Waals surface area contributed by atoms with Crippen molar-refractivity contribution in [1.82, 2.24) is 9.97 Å². The number of aromatic nitrogens is 2. The Morgan fingerprint density at radius 3 is 2.90 bits per heavy atom. The molecule has 21 heavy (non-hydrogen) atoms. The van der Waals surface area contributed by atoms with Gasteiger partial charge in [-0.1, -0.05) is 0 Å². The molecule has 0 bridgehead atoms. The number of hydrogen-bond donors (Lipinski definition) is 2. The van der Waals surface area contributed by atoms with Crippen LogP contribution in [0.15, 0.2) is 23.8 Å². The summed E-state index contributed by atoms with van der Waals surface area (Å²) in [6, 6.07) is 1.09. The normalized spacial score (nSPS) is 10.3. The molecule has 8 heteroatoms. The van der Waals surface area contributed by atoms with E-state index in [2.05, 4.69) is 15.3 Å². The minimum absolute atomic E-state index is 0.0776. The zero-order valence-corrected chi connectivity index (χ0v) is 11.7. The number of nitrogens with one attached hydrogen (secondary N) is 1. The van der Waals surface area contributed by atoms with Gasteiger partial charge in [-0.25, -0.2) is 9.37 Å². The summed E-state index contributed by atoms with van der Waals surface area (Å²) in [7, 11) is 0. The molecule has 0 aliphatic rings. The van der Waals surface area contributed by atoms with Gasteiger partial charge in [0, 0.05) is 18.0 Å². The van der Waals surface area contributed by atoms with Gasteiger partial charge in [0.2, 0.25) is 0 Å². The predicted molar refractivity (Wildman–Crippen MR) is 74.8 cm³/mol. The van der Waals surface area contributed by atoms with Crippen molar-refractivity contribution in [3.63, 3.8) is 0 Å². The van der Waals surface area contributed by atoms with Gasteiger partial charge in [0.1, 0.15) is 5.82 Å². The van der Waals surface area contributed by atoms with E-state index in [0.29, 0.717) is 23.7 Å². The fraction of sp³-hybridized carbons (Fsp3) is 0.231. The van der Waals surface area contributed by atoms with Gasteiger partial charge in [0.25, 0.3) is 5.91 Å². The lowest BCUT2D eigenvalue weighted by molar-refractivity contribution is -0.137. The van der Waals surface area contributed by atoms with Gasteiger partial charge in [-0.05, 0) is 18.9 Å². The van der Waals surface area contributed by atoms with Gasteiger partial charge in [-0.3, -0.25) is 19.9 Å². The molecule has 2 rings (SSSR count). The van der Waals surface area contributed by atoms with E-state index in [4.69, 9.17) is 5.11 Å². The standard InChI is InChI=1S/C13H12FN3O3S/c14-9-4-8(5-15-6-9)12(20)17-13-16-10(7-21-13)2-1-3-11(18)19/h4-7H,1-3H2,(H,18,19)(H,16,17,20). The molecular weight excluding hydrogens is 297 g/mol. The minimum atomic E-state index is -0.850. The van der Waals surface area contributed by atoms with E-state index >= 15 is 0 Å². The molecule has 0 radical (unpaired) electrons. The number of halogens is 1. The van der Waals surface area contributed by atoms with Gasteiger partial charge in [-0.15, -0.1) is 11.3 Å². The third kappa shape index (κ3) is 4.60. The van der Waals surface area contributed by atoms with Crippen molar-refractivity contribution in [2.75, 3.05) is 5.32 Å². The Morgan fingerprint density at radius 1 is 1.38 bits per heavy atom. The van der Waals surface area contributed by atoms with Gasteiger partial charge >= 0.3 is 5.97 Å². The number of carboxylic acids is 1. The average Bonchev–Trinajstić information content (AvgIpc) is 2.86. The van der Waals surface area contributed by atoms with Crippen LogP contribution in [0.1, 0.15) is 28.9 Å². The first-order chi connectivity index (χ1) is 10.0. The first-order valence-corrected chi connectivity index (χ1v) is 7.00. The predicted octanol–water partition coefficient (Wildman–Crippen LogP) is 2.34. The highest BCUT2D eigenvalue weighted by molar-refractivity contribution is 7.13. The number of thiazole rings is 1. The maximum atomic E-state index is 13.0. The Hall–Kier alpha value is -2.35. The Kier molecular flexibility index (Phi) is 4.94. The molecule has 0 aliphatic carbocycles. The lowest BCUT2D eigenvalue weighted by Crippen LogP contribution is -2.12. The molecule has 0 fully saturated rings. The van der Waals surface area contributed by atoms with E-state index in [1.807, 2.05) is 0 Å². The highest BCUT2D eigenvalue weighted by Crippen LogP contribution is 2.18. The largest absolute Gasteiger partial charge is 0.481 e. The van der Waals surface area contributed by atoms with Crippen LogP contribution in [-0.4, -0.2) is 27.0 Å². The van der Waals surface area contributed by atoms with Crippen molar-refractivity contribution in [2.45, 2.75) is 19.3 Å². The molecule has 0 spiro atoms. The fourth-order valence-electron chi connectivity index (χ4n) is 1.61. The van der Waals surface area contributed by atoms with E-state index in [1.165, 1.54) is 17.5 Å². The van der Waals surface area contributed by atoms with Gasteiger partial charge < -0.3 is 5.11 Å². The number of aliphatic carboxylic acids is 1. The Bertz CT molecular complexity index is 660. The minimum Gasteiger partial charge on any atom is -0.481 e. The number of anilines is 1. The third-order valence-corrected chi connectivity index (χ3v) is 3.37. The van der Waals surface area contributed by atoms with Crippen LogP contribution in [-0.2, 0) is 11.2 Å². The number of rotatable bonds is 6. The molecule has 2 heterocycles. The number of carboxylic acid groups (broad SMARTS) is 1. The summed E-state index contributed by atoms with van der Waals surface area (Å²) >= 11 is 1.23. The quantitative estimate of drug-likeness (QED) is 0.854. The van der Waals surface area contributed by atoms with Crippen molar-refractivity contribution in [1.29, 1.82) is 0 Å². The van der Waals surface area contributed by atoms with Gasteiger partial charge in [-0.2, -0.15) is 0 Å². The number of amides is 1. The highest BCUT2D eigenvalue weighted by atomic mass is 32.1. The molecule has 0 aromatic carbocycles. The number of hydrogen-bond acceptors (Lipinski definition) is 5. The first-order valence-electron chi connectivity index (χ1n) is 6.12. The summed E-state index contributed by atoms with van der Waals surface area (Å²) in [6.07, 6.45) is 3.37. The number of carbonyl (C=O) groups excluding carboxylic acids is 1. The highest BCUT2D eigenvalue weighted by Gasteiger charge is 2.10. The van der Waals surface area contributed by atoms with Crippen molar-refractivity contribution < 1.29 is 19.1 Å². The number of carbonyl (C=O) groups is 2. The molecule has 1 amide bonds. The van der Waals surface area contributed by atoms with Crippen LogP contribution >= 0.6 is 11.3 Å². The zero-order valence-electron chi connectivity index (χ0n) is 10.9. The molecule has 2 N–H and O–H groups in total. The molecule has 0 saturated carbocycles. The van der Waals surface area contributed by atoms with Crippen LogP contribution in [0, 0.1) is 5.82 Å². The molecule has 2 aromatic heterocycles. The van der Waals surface area contributed by atoms with Crippen LogP contribution in [0.3, 0.4) is 0 Å². The van der Waals surface area contributed by atoms with Crippen molar-refractivity contribution in [2.24, 2.45) is 0 Å². The second-order valence-electron chi connectivity index (χ2n) is 4.24. The second kappa shape index (κ2) is 6.89. The molecule has 6 nitrogen and oxygen atoms in total. The monoisotopic (exact) mass is 309 g/mol. The SMILES string of the molecule is O=C(O)CCCc1csc(NC(=O)c2cncc(F)c2)n1. The van der Waals surface area contributed by atoms with Crippen molar-refractivity contribution in [3.05, 3.63) is 40.9 Å². The summed E-state index contributed by atoms with van der Waals surface area (Å²) in [4.78, 5) is 30.0. The summed E-state index contributed by atoms with van der Waals surface area (Å²) < 4.78 is 13.0. The molecule has 0 unspecified atom stereocenters. The van der Waals surface area contributed by atoms with Crippen molar-refractivity contribution in [3.8, 4) is 0 Å². The third-order valence-electron chi connectivity index (χ3n) is 2.56. The van der Waals surface area contributed by atoms with E-state index in [9.17, 15) is 14.0 Å². The summed E-state index contributed by atoms with van der Waals surface area (Å²) in [5.74, 6) is -1.93. The maximum Gasteiger partial charge on any atom is 0.303 e. The van der Waals surface area contributed by atoms with Crippen LogP contribution in [0.4, 0.5) is 9.52 Å². The first kappa shape index (κ1) is 15.0. The molecule has 110 valence electrons. The lowest BCUT2D eigenvalue weighted by Gasteiger charge is -2.01. The zero-order chi connectivity index (χ0) is 15.2. The van der Waals surface area contributed by atoms with E-state index in [-0.39, 0.29) is 12.0 Å². The summed E-state index contributed by atoms with van der Waals surface area (Å²) in [6.45, 7) is 0. The maximum absolute atomic E-state index is 13.0. The number of aryl methyl sites for hydroxylation is 1. The fourth-order valence-corrected chi connectivity index (χ4v) is 2.35. The van der Waals surface area contributed by atoms with Crippen LogP contribution < -0.4 is 5.32 Å². The smallest absolute Gasteiger partial charge is 0.303 e. The van der Waals surface area contributed by atoms with Crippen LogP contribution in [0.2, 0.25) is 0 Å². The van der Waals surface area contributed by atoms with E-state index in [1.54, 1.807) is 5.38 Å². The summed E-state index contributed by atoms with van der Waals surface area (Å²) in [5.41, 5.74) is 0.826. The van der Waals surface area contributed by atoms with Crippen LogP contribution in [0.5, 0.6) is 0 Å². The van der Waals surface area contributed by atoms with Crippen LogP contribution in [0.25, 0.3) is 0 Å². The van der Waals surface area contributed by atoms with Crippen molar-refractivity contribution >= 4 is 28.3 Å². The molecular formula is C13H12FN3O3S. The number of nitrogens with zero attached hydrogens (tertiary/aromatic N) is 2. The molecule has 0 saturated heterocycles. The average molecular weight is 309 g/mol. The molecule has 0 atom stereocenters. The lowest BCUT2D eigenvalue weighted by atomic mass is 10.2. The molecule has 2 aromatic rings. The Balaban J connectivity index is 1.93. The Morgan fingerprint density at radius 2 is 2.19 bits per heavy atom. The van der Waals surface area contributed by atoms with E-state index < -0.39 is 17.7 Å². The Labute approximate surface area is 123 Å². The van der Waals surface area contributed by atoms with Gasteiger partial charge in [0.05, 0.1) is 17.5 Å². The molecule has 0 aliphatic heterocycles. The second-order valence-corrected chi connectivity index (χ2v) is 5.10. The summed E-state index contributed by atoms with van der Waals surface area (Å²) in [5, 5.41) is 13.2. The topological polar surface area (TPSA) is 92.2 Å². The van der Waals surface area contributed by atoms with E-state index in [0.717, 1.165) is 12.3 Å².